The van der Waals surface area contributed by atoms with E-state index in [9.17, 15) is 14.7 Å². The van der Waals surface area contributed by atoms with Gasteiger partial charge in [-0.1, -0.05) is 18.2 Å². The van der Waals surface area contributed by atoms with E-state index in [2.05, 4.69) is 0 Å². The Hall–Kier alpha value is -1.94. The third-order valence-electron chi connectivity index (χ3n) is 3.02. The molecule has 0 aliphatic heterocycles. The van der Waals surface area contributed by atoms with E-state index in [1.807, 2.05) is 6.07 Å². The third kappa shape index (κ3) is 3.76. The summed E-state index contributed by atoms with van der Waals surface area (Å²) in [6.07, 6.45) is 2.49. The Kier molecular flexibility index (Phi) is 4.47. The van der Waals surface area contributed by atoms with Crippen molar-refractivity contribution in [1.29, 1.82) is 0 Å². The average molecular weight is 260 g/mol. The van der Waals surface area contributed by atoms with Crippen molar-refractivity contribution in [1.82, 2.24) is 0 Å². The second-order valence-corrected chi connectivity index (χ2v) is 4.52. The SMILES string of the molecule is O=C1CCC[C@H](O)C=C1COC(=O)c1ccccc1. The zero-order chi connectivity index (χ0) is 13.7. The van der Waals surface area contributed by atoms with Crippen LogP contribution in [0.4, 0.5) is 0 Å². The highest BCUT2D eigenvalue weighted by Crippen LogP contribution is 2.15. The van der Waals surface area contributed by atoms with E-state index in [0.717, 1.165) is 0 Å². The lowest BCUT2D eigenvalue weighted by Gasteiger charge is -2.07. The molecule has 2 rings (SSSR count). The highest BCUT2D eigenvalue weighted by molar-refractivity contribution is 5.96. The van der Waals surface area contributed by atoms with E-state index in [0.29, 0.717) is 30.4 Å². The molecule has 0 bridgehead atoms. The maximum absolute atomic E-state index is 11.7. The summed E-state index contributed by atoms with van der Waals surface area (Å²) in [7, 11) is 0. The largest absolute Gasteiger partial charge is 0.457 e. The Morgan fingerprint density at radius 2 is 2.05 bits per heavy atom. The molecule has 1 aliphatic rings. The fourth-order valence-electron chi connectivity index (χ4n) is 1.97. The molecule has 4 nitrogen and oxygen atoms in total. The fourth-order valence-corrected chi connectivity index (χ4v) is 1.97. The molecular formula is C15H16O4. The van der Waals surface area contributed by atoms with Crippen LogP contribution in [0.5, 0.6) is 0 Å². The minimum absolute atomic E-state index is 0.0580. The second-order valence-electron chi connectivity index (χ2n) is 4.52. The van der Waals surface area contributed by atoms with Crippen LogP contribution in [0.1, 0.15) is 29.6 Å². The summed E-state index contributed by atoms with van der Waals surface area (Å²) in [5, 5.41) is 9.59. The molecule has 0 aromatic heterocycles. The van der Waals surface area contributed by atoms with Gasteiger partial charge >= 0.3 is 5.97 Å². The van der Waals surface area contributed by atoms with Gasteiger partial charge in [-0.2, -0.15) is 0 Å². The highest BCUT2D eigenvalue weighted by Gasteiger charge is 2.18. The van der Waals surface area contributed by atoms with Crippen LogP contribution >= 0.6 is 0 Å². The molecule has 0 radical (unpaired) electrons. The molecule has 4 heteroatoms. The van der Waals surface area contributed by atoms with Gasteiger partial charge in [-0.25, -0.2) is 4.79 Å². The Morgan fingerprint density at radius 3 is 2.79 bits per heavy atom. The van der Waals surface area contributed by atoms with E-state index in [1.165, 1.54) is 6.08 Å². The fraction of sp³-hybridized carbons (Fsp3) is 0.333. The molecule has 100 valence electrons. The Labute approximate surface area is 111 Å². The van der Waals surface area contributed by atoms with E-state index >= 15 is 0 Å². The van der Waals surface area contributed by atoms with Crippen LogP contribution in [0.3, 0.4) is 0 Å². The van der Waals surface area contributed by atoms with E-state index in [-0.39, 0.29) is 12.4 Å². The number of carbonyl (C=O) groups is 2. The van der Waals surface area contributed by atoms with Crippen LogP contribution < -0.4 is 0 Å². The highest BCUT2D eigenvalue weighted by atomic mass is 16.5. The molecule has 1 aliphatic carbocycles. The Morgan fingerprint density at radius 1 is 1.32 bits per heavy atom. The third-order valence-corrected chi connectivity index (χ3v) is 3.02. The molecule has 1 aromatic carbocycles. The number of hydrogen-bond donors (Lipinski definition) is 1. The maximum atomic E-state index is 11.7. The number of esters is 1. The number of ketones is 1. The summed E-state index contributed by atoms with van der Waals surface area (Å²) >= 11 is 0. The predicted octanol–water partition coefficient (Wildman–Crippen LogP) is 1.88. The lowest BCUT2D eigenvalue weighted by molar-refractivity contribution is -0.116. The lowest BCUT2D eigenvalue weighted by atomic mass is 10.1. The van der Waals surface area contributed by atoms with Crippen LogP contribution in [-0.2, 0) is 9.53 Å². The van der Waals surface area contributed by atoms with Gasteiger partial charge in [0, 0.05) is 12.0 Å². The van der Waals surface area contributed by atoms with Crippen molar-refractivity contribution in [3.05, 3.63) is 47.5 Å². The molecule has 0 heterocycles. The van der Waals surface area contributed by atoms with Gasteiger partial charge in [0.15, 0.2) is 5.78 Å². The molecule has 0 saturated heterocycles. The zero-order valence-corrected chi connectivity index (χ0v) is 10.5. The summed E-state index contributed by atoms with van der Waals surface area (Å²) in [6, 6.07) is 8.61. The van der Waals surface area contributed by atoms with Gasteiger partial charge in [-0.05, 0) is 31.1 Å². The minimum atomic E-state index is -0.628. The number of Topliss-reactive ketones (excluding diaryl/α,β-unsaturated/α-hetero) is 1. The van der Waals surface area contributed by atoms with Crippen molar-refractivity contribution in [2.45, 2.75) is 25.4 Å². The molecular weight excluding hydrogens is 244 g/mol. The van der Waals surface area contributed by atoms with Crippen LogP contribution in [0.25, 0.3) is 0 Å². The van der Waals surface area contributed by atoms with Gasteiger partial charge in [-0.3, -0.25) is 4.79 Å². The summed E-state index contributed by atoms with van der Waals surface area (Å²) in [4.78, 5) is 23.5. The molecule has 0 amide bonds. The van der Waals surface area contributed by atoms with Gasteiger partial charge in [0.1, 0.15) is 6.61 Å². The van der Waals surface area contributed by atoms with Gasteiger partial charge < -0.3 is 9.84 Å². The molecule has 0 unspecified atom stereocenters. The van der Waals surface area contributed by atoms with Gasteiger partial charge in [0.2, 0.25) is 0 Å². The number of rotatable bonds is 3. The quantitative estimate of drug-likeness (QED) is 0.843. The van der Waals surface area contributed by atoms with Crippen molar-refractivity contribution in [3.63, 3.8) is 0 Å². The van der Waals surface area contributed by atoms with E-state index in [1.54, 1.807) is 24.3 Å². The summed E-state index contributed by atoms with van der Waals surface area (Å²) in [6.45, 7) is -0.0797. The van der Waals surface area contributed by atoms with Crippen molar-refractivity contribution >= 4 is 11.8 Å². The van der Waals surface area contributed by atoms with Crippen molar-refractivity contribution in [2.75, 3.05) is 6.61 Å². The number of ether oxygens (including phenoxy) is 1. The van der Waals surface area contributed by atoms with Gasteiger partial charge in [0.25, 0.3) is 0 Å². The Bertz CT molecular complexity index is 490. The maximum Gasteiger partial charge on any atom is 0.338 e. The van der Waals surface area contributed by atoms with Crippen LogP contribution in [0.2, 0.25) is 0 Å². The lowest BCUT2D eigenvalue weighted by Crippen LogP contribution is -2.13. The van der Waals surface area contributed by atoms with Crippen LogP contribution in [0, 0.1) is 0 Å². The minimum Gasteiger partial charge on any atom is -0.457 e. The van der Waals surface area contributed by atoms with Gasteiger partial charge in [0.05, 0.1) is 11.7 Å². The number of benzene rings is 1. The number of carbonyl (C=O) groups excluding carboxylic acids is 2. The topological polar surface area (TPSA) is 63.6 Å². The van der Waals surface area contributed by atoms with Crippen molar-refractivity contribution in [2.24, 2.45) is 0 Å². The van der Waals surface area contributed by atoms with E-state index < -0.39 is 12.1 Å². The molecule has 1 aromatic rings. The first-order valence-electron chi connectivity index (χ1n) is 6.31. The first-order valence-corrected chi connectivity index (χ1v) is 6.31. The normalized spacial score (nSPS) is 19.5. The van der Waals surface area contributed by atoms with Crippen molar-refractivity contribution < 1.29 is 19.4 Å². The van der Waals surface area contributed by atoms with Crippen LogP contribution in [0.15, 0.2) is 42.0 Å². The monoisotopic (exact) mass is 260 g/mol. The summed E-state index contributed by atoms with van der Waals surface area (Å²) in [5.74, 6) is -0.523. The summed E-state index contributed by atoms with van der Waals surface area (Å²) in [5.41, 5.74) is 0.832. The molecule has 1 atom stereocenters. The first-order chi connectivity index (χ1) is 9.16. The molecule has 0 fully saturated rings. The predicted molar refractivity (Wildman–Crippen MR) is 69.7 cm³/mol. The van der Waals surface area contributed by atoms with Gasteiger partial charge in [-0.15, -0.1) is 0 Å². The molecule has 0 saturated carbocycles. The first kappa shape index (κ1) is 13.5. The Balaban J connectivity index is 1.98. The number of hydrogen-bond acceptors (Lipinski definition) is 4. The zero-order valence-electron chi connectivity index (χ0n) is 10.5. The smallest absolute Gasteiger partial charge is 0.338 e. The number of aliphatic hydroxyl groups excluding tert-OH is 1. The number of aliphatic hydroxyl groups is 1. The molecule has 0 spiro atoms. The molecule has 19 heavy (non-hydrogen) atoms. The average Bonchev–Trinajstić information content (AvgIpc) is 2.58. The van der Waals surface area contributed by atoms with Crippen molar-refractivity contribution in [3.8, 4) is 0 Å². The van der Waals surface area contributed by atoms with Crippen LogP contribution in [-0.4, -0.2) is 29.6 Å². The molecule has 1 N–H and O–H groups in total. The second kappa shape index (κ2) is 6.29. The standard InChI is InChI=1S/C15H16O4/c16-13-7-4-8-14(17)12(9-13)10-19-15(18)11-5-2-1-3-6-11/h1-3,5-6,9,13,16H,4,7-8,10H2/t13-/m0/s1. The summed E-state index contributed by atoms with van der Waals surface area (Å²) < 4.78 is 5.10. The van der Waals surface area contributed by atoms with E-state index in [4.69, 9.17) is 4.74 Å².